The molecule has 1 aromatic heterocycles. The number of aromatic amines is 1. The first-order valence-corrected chi connectivity index (χ1v) is 7.06. The lowest BCUT2D eigenvalue weighted by Crippen LogP contribution is -2.12. The molecule has 0 bridgehead atoms. The highest BCUT2D eigenvalue weighted by atomic mass is 32.2. The van der Waals surface area contributed by atoms with Crippen LogP contribution < -0.4 is 16.0 Å². The van der Waals surface area contributed by atoms with Crippen molar-refractivity contribution in [2.24, 2.45) is 10.9 Å². The summed E-state index contributed by atoms with van der Waals surface area (Å²) in [5.74, 6) is 1.38. The van der Waals surface area contributed by atoms with Crippen LogP contribution in [0.4, 0.5) is 0 Å². The number of amidine groups is 1. The van der Waals surface area contributed by atoms with E-state index in [0.29, 0.717) is 28.8 Å². The van der Waals surface area contributed by atoms with Crippen molar-refractivity contribution in [1.29, 1.82) is 0 Å². The molecule has 2 aromatic rings. The Morgan fingerprint density at radius 2 is 2.14 bits per heavy atom. The van der Waals surface area contributed by atoms with Gasteiger partial charge in [0, 0.05) is 23.6 Å². The molecule has 0 fully saturated rings. The molecule has 0 unspecified atom stereocenters. The van der Waals surface area contributed by atoms with Gasteiger partial charge in [0.25, 0.3) is 5.56 Å². The standard InChI is InChI=1S/C13H14N4O3S/c14-12(17-19)9-1-3-10(4-2-9)20-7-8-21-13-15-6-5-11(18)16-13/h1-6,19H,7-8H2,(H2,14,17)(H,15,16,18). The van der Waals surface area contributed by atoms with Gasteiger partial charge in [-0.25, -0.2) is 4.98 Å². The summed E-state index contributed by atoms with van der Waals surface area (Å²) in [7, 11) is 0. The molecule has 0 atom stereocenters. The topological polar surface area (TPSA) is 114 Å². The molecule has 2 rings (SSSR count). The van der Waals surface area contributed by atoms with Crippen LogP contribution in [0.2, 0.25) is 0 Å². The van der Waals surface area contributed by atoms with Gasteiger partial charge in [-0.3, -0.25) is 4.79 Å². The van der Waals surface area contributed by atoms with E-state index in [0.717, 1.165) is 0 Å². The first-order chi connectivity index (χ1) is 10.2. The van der Waals surface area contributed by atoms with Crippen molar-refractivity contribution >= 4 is 17.6 Å². The molecular formula is C13H14N4O3S. The Morgan fingerprint density at radius 1 is 1.38 bits per heavy atom. The number of thioether (sulfide) groups is 1. The summed E-state index contributed by atoms with van der Waals surface area (Å²) in [6.45, 7) is 0.464. The smallest absolute Gasteiger partial charge is 0.251 e. The number of hydrogen-bond acceptors (Lipinski definition) is 6. The van der Waals surface area contributed by atoms with E-state index < -0.39 is 0 Å². The largest absolute Gasteiger partial charge is 0.493 e. The number of nitrogens with two attached hydrogens (primary N) is 1. The van der Waals surface area contributed by atoms with Gasteiger partial charge in [0.05, 0.1) is 6.61 Å². The average Bonchev–Trinajstić information content (AvgIpc) is 2.51. The Kier molecular flexibility index (Phi) is 5.22. The number of benzene rings is 1. The van der Waals surface area contributed by atoms with Crippen LogP contribution in [-0.4, -0.2) is 33.4 Å². The Labute approximate surface area is 124 Å². The lowest BCUT2D eigenvalue weighted by atomic mass is 10.2. The lowest BCUT2D eigenvalue weighted by Gasteiger charge is -2.06. The summed E-state index contributed by atoms with van der Waals surface area (Å²) in [5.41, 5.74) is 5.90. The first kappa shape index (κ1) is 14.9. The minimum atomic E-state index is -0.174. The summed E-state index contributed by atoms with van der Waals surface area (Å²) in [6.07, 6.45) is 1.47. The molecule has 0 aliphatic carbocycles. The van der Waals surface area contributed by atoms with E-state index in [4.69, 9.17) is 15.7 Å². The fourth-order valence-corrected chi connectivity index (χ4v) is 2.17. The van der Waals surface area contributed by atoms with Crippen molar-refractivity contribution in [3.8, 4) is 5.75 Å². The van der Waals surface area contributed by atoms with Crippen LogP contribution in [0.1, 0.15) is 5.56 Å². The average molecular weight is 306 g/mol. The second kappa shape index (κ2) is 7.34. The first-order valence-electron chi connectivity index (χ1n) is 6.08. The molecule has 1 aromatic carbocycles. The van der Waals surface area contributed by atoms with Crippen molar-refractivity contribution in [3.63, 3.8) is 0 Å². The van der Waals surface area contributed by atoms with E-state index in [1.165, 1.54) is 24.0 Å². The molecule has 0 spiro atoms. The van der Waals surface area contributed by atoms with E-state index in [1.54, 1.807) is 24.3 Å². The Hall–Kier alpha value is -2.48. The van der Waals surface area contributed by atoms with Gasteiger partial charge in [-0.15, -0.1) is 0 Å². The zero-order valence-corrected chi connectivity index (χ0v) is 11.8. The SMILES string of the molecule is N/C(=N/O)c1ccc(OCCSc2nccc(=O)[nH]2)cc1. The molecule has 4 N–H and O–H groups in total. The number of nitrogens with one attached hydrogen (secondary N) is 1. The monoisotopic (exact) mass is 306 g/mol. The quantitative estimate of drug-likeness (QED) is 0.140. The van der Waals surface area contributed by atoms with Crippen LogP contribution >= 0.6 is 11.8 Å². The van der Waals surface area contributed by atoms with Crippen molar-refractivity contribution < 1.29 is 9.94 Å². The molecule has 0 aliphatic heterocycles. The molecule has 21 heavy (non-hydrogen) atoms. The number of rotatable bonds is 6. The summed E-state index contributed by atoms with van der Waals surface area (Å²) in [5, 5.41) is 12.0. The van der Waals surface area contributed by atoms with Gasteiger partial charge in [-0.2, -0.15) is 0 Å². The summed E-state index contributed by atoms with van der Waals surface area (Å²) in [4.78, 5) is 17.7. The second-order valence-electron chi connectivity index (χ2n) is 3.95. The number of hydrogen-bond donors (Lipinski definition) is 3. The third-order valence-corrected chi connectivity index (χ3v) is 3.35. The highest BCUT2D eigenvalue weighted by Gasteiger charge is 2.01. The maximum Gasteiger partial charge on any atom is 0.251 e. The third kappa shape index (κ3) is 4.53. The zero-order valence-electron chi connectivity index (χ0n) is 11.0. The van der Waals surface area contributed by atoms with Crippen molar-refractivity contribution in [2.75, 3.05) is 12.4 Å². The fraction of sp³-hybridized carbons (Fsp3) is 0.154. The minimum absolute atomic E-state index is 0.0520. The van der Waals surface area contributed by atoms with Gasteiger partial charge < -0.3 is 20.7 Å². The zero-order chi connectivity index (χ0) is 15.1. The molecule has 0 radical (unpaired) electrons. The molecule has 110 valence electrons. The molecule has 1 heterocycles. The Morgan fingerprint density at radius 3 is 2.81 bits per heavy atom. The molecule has 7 nitrogen and oxygen atoms in total. The van der Waals surface area contributed by atoms with E-state index in [9.17, 15) is 4.79 Å². The number of aromatic nitrogens is 2. The van der Waals surface area contributed by atoms with Crippen LogP contribution in [0.15, 0.2) is 51.6 Å². The predicted octanol–water partition coefficient (Wildman–Crippen LogP) is 1.04. The van der Waals surface area contributed by atoms with Crippen molar-refractivity contribution in [3.05, 3.63) is 52.4 Å². The highest BCUT2D eigenvalue weighted by molar-refractivity contribution is 7.99. The van der Waals surface area contributed by atoms with E-state index in [1.807, 2.05) is 0 Å². The molecule has 0 saturated carbocycles. The van der Waals surface area contributed by atoms with Gasteiger partial charge in [0.15, 0.2) is 11.0 Å². The van der Waals surface area contributed by atoms with Crippen LogP contribution in [0, 0.1) is 0 Å². The summed E-state index contributed by atoms with van der Waals surface area (Å²) >= 11 is 1.40. The van der Waals surface area contributed by atoms with Crippen LogP contribution in [0.5, 0.6) is 5.75 Å². The number of oxime groups is 1. The highest BCUT2D eigenvalue weighted by Crippen LogP contribution is 2.14. The van der Waals surface area contributed by atoms with Crippen molar-refractivity contribution in [1.82, 2.24) is 9.97 Å². The summed E-state index contributed by atoms with van der Waals surface area (Å²) in [6, 6.07) is 8.24. The van der Waals surface area contributed by atoms with Crippen molar-refractivity contribution in [2.45, 2.75) is 5.16 Å². The van der Waals surface area contributed by atoms with Crippen LogP contribution in [0.3, 0.4) is 0 Å². The predicted molar refractivity (Wildman–Crippen MR) is 80.0 cm³/mol. The molecule has 0 aliphatic rings. The third-order valence-electron chi connectivity index (χ3n) is 2.50. The second-order valence-corrected chi connectivity index (χ2v) is 5.03. The van der Waals surface area contributed by atoms with Crippen LogP contribution in [-0.2, 0) is 0 Å². The Balaban J connectivity index is 1.80. The van der Waals surface area contributed by atoms with E-state index in [-0.39, 0.29) is 11.4 Å². The molecule has 0 amide bonds. The van der Waals surface area contributed by atoms with Crippen LogP contribution in [0.25, 0.3) is 0 Å². The molecule has 0 saturated heterocycles. The normalized spacial score (nSPS) is 11.3. The Bertz CT molecular complexity index is 670. The number of ether oxygens (including phenoxy) is 1. The van der Waals surface area contributed by atoms with Gasteiger partial charge in [0.1, 0.15) is 5.75 Å². The van der Waals surface area contributed by atoms with Gasteiger partial charge in [0.2, 0.25) is 0 Å². The fourth-order valence-electron chi connectivity index (χ4n) is 1.50. The van der Waals surface area contributed by atoms with E-state index >= 15 is 0 Å². The van der Waals surface area contributed by atoms with Gasteiger partial charge >= 0.3 is 0 Å². The minimum Gasteiger partial charge on any atom is -0.493 e. The lowest BCUT2D eigenvalue weighted by molar-refractivity contribution is 0.318. The molecule has 8 heteroatoms. The number of nitrogens with zero attached hydrogens (tertiary/aromatic N) is 2. The summed E-state index contributed by atoms with van der Waals surface area (Å²) < 4.78 is 5.54. The maximum atomic E-state index is 11.1. The molecular weight excluding hydrogens is 292 g/mol. The van der Waals surface area contributed by atoms with E-state index in [2.05, 4.69) is 15.1 Å². The number of H-pyrrole nitrogens is 1. The van der Waals surface area contributed by atoms with Gasteiger partial charge in [-0.1, -0.05) is 16.9 Å². The maximum absolute atomic E-state index is 11.1. The van der Waals surface area contributed by atoms with Gasteiger partial charge in [-0.05, 0) is 24.3 Å².